The Morgan fingerprint density at radius 3 is 2.50 bits per heavy atom. The molecule has 2 atom stereocenters. The van der Waals surface area contributed by atoms with E-state index in [4.69, 9.17) is 0 Å². The molecule has 68 valence electrons. The fourth-order valence-corrected chi connectivity index (χ4v) is 1.95. The van der Waals surface area contributed by atoms with Gasteiger partial charge in [0.05, 0.1) is 5.60 Å². The quantitative estimate of drug-likeness (QED) is 0.634. The van der Waals surface area contributed by atoms with Gasteiger partial charge in [0.1, 0.15) is 0 Å². The molecule has 0 saturated carbocycles. The first-order chi connectivity index (χ1) is 5.43. The van der Waals surface area contributed by atoms with Gasteiger partial charge < -0.3 is 5.11 Å². The molecular weight excluding hydrogens is 148 g/mol. The zero-order chi connectivity index (χ0) is 9.35. The number of hydrogen-bond donors (Lipinski definition) is 1. The van der Waals surface area contributed by atoms with Crippen molar-refractivity contribution in [2.45, 2.75) is 33.3 Å². The molecular formula is C11H18O. The van der Waals surface area contributed by atoms with Crippen LogP contribution in [0.4, 0.5) is 0 Å². The molecule has 0 heterocycles. The summed E-state index contributed by atoms with van der Waals surface area (Å²) in [6, 6.07) is 0. The highest BCUT2D eigenvalue weighted by Crippen LogP contribution is 2.31. The van der Waals surface area contributed by atoms with Gasteiger partial charge in [-0.2, -0.15) is 0 Å². The summed E-state index contributed by atoms with van der Waals surface area (Å²) < 4.78 is 0. The molecule has 1 aliphatic rings. The maximum absolute atomic E-state index is 10.0. The smallest absolute Gasteiger partial charge is 0.0870 e. The Bertz CT molecular complexity index is 221. The minimum atomic E-state index is -0.660. The Kier molecular flexibility index (Phi) is 2.43. The van der Waals surface area contributed by atoms with Gasteiger partial charge >= 0.3 is 0 Å². The molecule has 0 aromatic heterocycles. The summed E-state index contributed by atoms with van der Waals surface area (Å²) in [6.07, 6.45) is 6.14. The Morgan fingerprint density at radius 2 is 2.08 bits per heavy atom. The second-order valence-corrected chi connectivity index (χ2v) is 4.24. The van der Waals surface area contributed by atoms with Crippen LogP contribution in [0, 0.1) is 11.8 Å². The van der Waals surface area contributed by atoms with Gasteiger partial charge in [0.15, 0.2) is 0 Å². The van der Waals surface area contributed by atoms with E-state index < -0.39 is 5.60 Å². The van der Waals surface area contributed by atoms with E-state index in [1.165, 1.54) is 0 Å². The average Bonchev–Trinajstić information content (AvgIpc) is 1.82. The van der Waals surface area contributed by atoms with E-state index in [-0.39, 0.29) is 5.92 Å². The highest BCUT2D eigenvalue weighted by molar-refractivity contribution is 5.28. The van der Waals surface area contributed by atoms with Crippen molar-refractivity contribution >= 4 is 0 Å². The average molecular weight is 166 g/mol. The molecule has 0 aliphatic heterocycles. The monoisotopic (exact) mass is 166 g/mol. The molecule has 0 bridgehead atoms. The Labute approximate surface area is 74.8 Å². The van der Waals surface area contributed by atoms with E-state index in [0.29, 0.717) is 5.92 Å². The SMILES string of the molecule is CC1=CC(C)(O)C(C(C)C)C=C1. The van der Waals surface area contributed by atoms with Crippen LogP contribution < -0.4 is 0 Å². The van der Waals surface area contributed by atoms with Gasteiger partial charge in [-0.25, -0.2) is 0 Å². The molecule has 0 radical (unpaired) electrons. The van der Waals surface area contributed by atoms with Crippen LogP contribution in [-0.4, -0.2) is 10.7 Å². The van der Waals surface area contributed by atoms with Crippen LogP contribution in [0.2, 0.25) is 0 Å². The summed E-state index contributed by atoms with van der Waals surface area (Å²) in [6.45, 7) is 8.17. The van der Waals surface area contributed by atoms with E-state index in [0.717, 1.165) is 5.57 Å². The molecule has 0 aromatic rings. The van der Waals surface area contributed by atoms with Crippen LogP contribution in [-0.2, 0) is 0 Å². The second kappa shape index (κ2) is 3.06. The minimum absolute atomic E-state index is 0.251. The van der Waals surface area contributed by atoms with Gasteiger partial charge in [0.25, 0.3) is 0 Å². The lowest BCUT2D eigenvalue weighted by molar-refractivity contribution is 0.0450. The summed E-state index contributed by atoms with van der Waals surface area (Å²) >= 11 is 0. The lowest BCUT2D eigenvalue weighted by Gasteiger charge is -2.34. The van der Waals surface area contributed by atoms with Gasteiger partial charge in [-0.15, -0.1) is 0 Å². The van der Waals surface area contributed by atoms with E-state index >= 15 is 0 Å². The summed E-state index contributed by atoms with van der Waals surface area (Å²) in [5.41, 5.74) is 0.490. The number of aliphatic hydroxyl groups is 1. The molecule has 2 unspecified atom stereocenters. The molecule has 1 N–H and O–H groups in total. The van der Waals surface area contributed by atoms with Crippen molar-refractivity contribution in [2.75, 3.05) is 0 Å². The number of allylic oxidation sites excluding steroid dienone is 2. The van der Waals surface area contributed by atoms with Gasteiger partial charge in [-0.05, 0) is 25.8 Å². The lowest BCUT2D eigenvalue weighted by Crippen LogP contribution is -2.36. The van der Waals surface area contributed by atoms with Gasteiger partial charge in [0.2, 0.25) is 0 Å². The maximum atomic E-state index is 10.0. The molecule has 1 nitrogen and oxygen atoms in total. The molecule has 0 amide bonds. The van der Waals surface area contributed by atoms with E-state index in [2.05, 4.69) is 26.0 Å². The van der Waals surface area contributed by atoms with Crippen LogP contribution in [0.15, 0.2) is 23.8 Å². The molecule has 0 fully saturated rings. The highest BCUT2D eigenvalue weighted by atomic mass is 16.3. The third-order valence-electron chi connectivity index (χ3n) is 2.48. The molecule has 0 spiro atoms. The normalized spacial score (nSPS) is 35.5. The number of rotatable bonds is 1. The first kappa shape index (κ1) is 9.53. The van der Waals surface area contributed by atoms with Crippen LogP contribution in [0.5, 0.6) is 0 Å². The van der Waals surface area contributed by atoms with E-state index in [9.17, 15) is 5.11 Å². The molecule has 1 heteroatoms. The Morgan fingerprint density at radius 1 is 1.50 bits per heavy atom. The lowest BCUT2D eigenvalue weighted by atomic mass is 9.77. The summed E-state index contributed by atoms with van der Waals surface area (Å²) in [5.74, 6) is 0.738. The van der Waals surface area contributed by atoms with Crippen LogP contribution in [0.3, 0.4) is 0 Å². The molecule has 1 aliphatic carbocycles. The molecule has 0 saturated heterocycles. The van der Waals surface area contributed by atoms with E-state index in [1.54, 1.807) is 0 Å². The summed E-state index contributed by atoms with van der Waals surface area (Å²) in [7, 11) is 0. The van der Waals surface area contributed by atoms with Crippen molar-refractivity contribution in [1.29, 1.82) is 0 Å². The first-order valence-corrected chi connectivity index (χ1v) is 4.53. The zero-order valence-corrected chi connectivity index (χ0v) is 8.33. The predicted molar refractivity (Wildman–Crippen MR) is 51.8 cm³/mol. The topological polar surface area (TPSA) is 20.2 Å². The predicted octanol–water partition coefficient (Wildman–Crippen LogP) is 2.53. The zero-order valence-electron chi connectivity index (χ0n) is 8.33. The second-order valence-electron chi connectivity index (χ2n) is 4.24. The third kappa shape index (κ3) is 1.78. The van der Waals surface area contributed by atoms with Gasteiger partial charge in [-0.3, -0.25) is 0 Å². The van der Waals surface area contributed by atoms with Crippen LogP contribution in [0.1, 0.15) is 27.7 Å². The largest absolute Gasteiger partial charge is 0.385 e. The Balaban J connectivity index is 2.89. The standard InChI is InChI=1S/C11H18O/c1-8(2)10-6-5-9(3)7-11(10,4)12/h5-8,10,12H,1-4H3. The van der Waals surface area contributed by atoms with Crippen molar-refractivity contribution in [3.05, 3.63) is 23.8 Å². The summed E-state index contributed by atoms with van der Waals surface area (Å²) in [4.78, 5) is 0. The fourth-order valence-electron chi connectivity index (χ4n) is 1.95. The molecule has 1 rings (SSSR count). The van der Waals surface area contributed by atoms with Crippen molar-refractivity contribution in [3.8, 4) is 0 Å². The first-order valence-electron chi connectivity index (χ1n) is 4.53. The van der Waals surface area contributed by atoms with Crippen molar-refractivity contribution < 1.29 is 5.11 Å². The van der Waals surface area contributed by atoms with Crippen LogP contribution >= 0.6 is 0 Å². The molecule has 12 heavy (non-hydrogen) atoms. The fraction of sp³-hybridized carbons (Fsp3) is 0.636. The Hall–Kier alpha value is -0.560. The highest BCUT2D eigenvalue weighted by Gasteiger charge is 2.31. The van der Waals surface area contributed by atoms with Crippen molar-refractivity contribution in [3.63, 3.8) is 0 Å². The number of hydrogen-bond acceptors (Lipinski definition) is 1. The van der Waals surface area contributed by atoms with Gasteiger partial charge in [-0.1, -0.05) is 31.6 Å². The minimum Gasteiger partial charge on any atom is -0.385 e. The van der Waals surface area contributed by atoms with Crippen LogP contribution in [0.25, 0.3) is 0 Å². The van der Waals surface area contributed by atoms with Gasteiger partial charge in [0, 0.05) is 5.92 Å². The van der Waals surface area contributed by atoms with Crippen molar-refractivity contribution in [2.24, 2.45) is 11.8 Å². The van der Waals surface area contributed by atoms with Crippen molar-refractivity contribution in [1.82, 2.24) is 0 Å². The van der Waals surface area contributed by atoms with E-state index in [1.807, 2.05) is 19.9 Å². The maximum Gasteiger partial charge on any atom is 0.0870 e. The molecule has 0 aromatic carbocycles. The third-order valence-corrected chi connectivity index (χ3v) is 2.48. The summed E-state index contributed by atoms with van der Waals surface area (Å²) in [5, 5.41) is 10.0.